The minimum atomic E-state index is -3.52. The largest absolute Gasteiger partial charge is 0.390 e. The first-order valence-electron chi connectivity index (χ1n) is 9.29. The van der Waals surface area contributed by atoms with E-state index in [2.05, 4.69) is 15.0 Å². The minimum Gasteiger partial charge on any atom is -0.390 e. The Labute approximate surface area is 179 Å². The van der Waals surface area contributed by atoms with Crippen molar-refractivity contribution < 1.29 is 23.4 Å². The summed E-state index contributed by atoms with van der Waals surface area (Å²) in [6.07, 6.45) is -2.12. The Bertz CT molecular complexity index is 972. The second kappa shape index (κ2) is 11.0. The van der Waals surface area contributed by atoms with Crippen molar-refractivity contribution >= 4 is 32.4 Å². The Morgan fingerprint density at radius 3 is 2.63 bits per heavy atom. The highest BCUT2D eigenvalue weighted by molar-refractivity contribution is 7.92. The molecule has 0 bridgehead atoms. The molecule has 0 aliphatic heterocycles. The van der Waals surface area contributed by atoms with Crippen LogP contribution in [0, 0.1) is 11.3 Å². The van der Waals surface area contributed by atoms with Gasteiger partial charge in [-0.1, -0.05) is 30.3 Å². The summed E-state index contributed by atoms with van der Waals surface area (Å²) in [4.78, 5) is 16.6. The summed E-state index contributed by atoms with van der Waals surface area (Å²) in [6, 6.07) is 10.2. The third-order valence-electron chi connectivity index (χ3n) is 4.33. The van der Waals surface area contributed by atoms with E-state index in [0.717, 1.165) is 16.9 Å². The molecule has 2 rings (SSSR count). The molecule has 0 aliphatic rings. The molecule has 1 aromatic heterocycles. The van der Waals surface area contributed by atoms with Gasteiger partial charge in [0, 0.05) is 11.8 Å². The SMILES string of the molecule is CCS(=O)(=O)Nc1nc(C(=O)NC(Cc2ccccc2)C(O)C(O)CCC#N)cs1. The van der Waals surface area contributed by atoms with Gasteiger partial charge in [-0.3, -0.25) is 9.52 Å². The summed E-state index contributed by atoms with van der Waals surface area (Å²) in [5, 5.41) is 33.6. The van der Waals surface area contributed by atoms with Gasteiger partial charge in [0.2, 0.25) is 10.0 Å². The average molecular weight is 453 g/mol. The van der Waals surface area contributed by atoms with Crippen molar-refractivity contribution in [1.29, 1.82) is 5.26 Å². The molecule has 2 aromatic rings. The monoisotopic (exact) mass is 452 g/mol. The third-order valence-corrected chi connectivity index (χ3v) is 6.48. The Morgan fingerprint density at radius 1 is 1.30 bits per heavy atom. The summed E-state index contributed by atoms with van der Waals surface area (Å²) in [6.45, 7) is 1.48. The maximum atomic E-state index is 12.6. The van der Waals surface area contributed by atoms with E-state index < -0.39 is 34.2 Å². The van der Waals surface area contributed by atoms with Crippen LogP contribution in [0.5, 0.6) is 0 Å². The van der Waals surface area contributed by atoms with Gasteiger partial charge in [-0.15, -0.1) is 11.3 Å². The number of aliphatic hydroxyl groups is 2. The number of aromatic nitrogens is 1. The van der Waals surface area contributed by atoms with Gasteiger partial charge in [-0.25, -0.2) is 13.4 Å². The number of carbonyl (C=O) groups is 1. The quantitative estimate of drug-likeness (QED) is 0.400. The number of anilines is 1. The van der Waals surface area contributed by atoms with Crippen LogP contribution >= 0.6 is 11.3 Å². The Balaban J connectivity index is 2.15. The molecule has 3 atom stereocenters. The van der Waals surface area contributed by atoms with Crippen LogP contribution in [0.2, 0.25) is 0 Å². The maximum Gasteiger partial charge on any atom is 0.271 e. The topological polar surface area (TPSA) is 152 Å². The highest BCUT2D eigenvalue weighted by Gasteiger charge is 2.29. The first kappa shape index (κ1) is 23.8. The molecule has 0 fully saturated rings. The number of aliphatic hydroxyl groups excluding tert-OH is 2. The molecule has 30 heavy (non-hydrogen) atoms. The van der Waals surface area contributed by atoms with Crippen molar-refractivity contribution in [3.63, 3.8) is 0 Å². The molecule has 11 heteroatoms. The zero-order chi connectivity index (χ0) is 22.1. The fourth-order valence-electron chi connectivity index (χ4n) is 2.65. The molecule has 162 valence electrons. The van der Waals surface area contributed by atoms with Gasteiger partial charge < -0.3 is 15.5 Å². The lowest BCUT2D eigenvalue weighted by molar-refractivity contribution is -0.00646. The molecule has 0 spiro atoms. The Morgan fingerprint density at radius 2 is 2.00 bits per heavy atom. The van der Waals surface area contributed by atoms with Gasteiger partial charge in [-0.2, -0.15) is 5.26 Å². The Kier molecular flexibility index (Phi) is 8.73. The lowest BCUT2D eigenvalue weighted by Crippen LogP contribution is -2.49. The molecule has 1 amide bonds. The molecule has 0 saturated heterocycles. The normalized spacial score (nSPS) is 14.3. The van der Waals surface area contributed by atoms with Crippen LogP contribution in [-0.2, 0) is 16.4 Å². The van der Waals surface area contributed by atoms with E-state index in [1.54, 1.807) is 0 Å². The minimum absolute atomic E-state index is 0.00872. The fraction of sp³-hybridized carbons (Fsp3) is 0.421. The standard InChI is InChI=1S/C19H24N4O5S2/c1-2-30(27,28)23-19-22-15(12-29-19)18(26)21-14(11-13-7-4-3-5-8-13)17(25)16(24)9-6-10-20/h3-5,7-8,12,14,16-17,24-25H,2,6,9,11H2,1H3,(H,21,26)(H,22,23). The summed E-state index contributed by atoms with van der Waals surface area (Å²) in [7, 11) is -3.52. The predicted octanol–water partition coefficient (Wildman–Crippen LogP) is 1.27. The lowest BCUT2D eigenvalue weighted by Gasteiger charge is -2.27. The summed E-state index contributed by atoms with van der Waals surface area (Å²) < 4.78 is 25.6. The van der Waals surface area contributed by atoms with Crippen LogP contribution in [0.3, 0.4) is 0 Å². The summed E-state index contributed by atoms with van der Waals surface area (Å²) in [5.74, 6) is -0.735. The van der Waals surface area contributed by atoms with E-state index in [1.807, 2.05) is 36.4 Å². The molecule has 1 aromatic carbocycles. The summed E-state index contributed by atoms with van der Waals surface area (Å²) in [5.41, 5.74) is 0.828. The van der Waals surface area contributed by atoms with Crippen LogP contribution in [0.25, 0.3) is 0 Å². The van der Waals surface area contributed by atoms with Crippen molar-refractivity contribution in [1.82, 2.24) is 10.3 Å². The van der Waals surface area contributed by atoms with Crippen LogP contribution in [0.1, 0.15) is 35.8 Å². The molecule has 0 aliphatic carbocycles. The fourth-order valence-corrected chi connectivity index (χ4v) is 4.21. The number of nitriles is 1. The van der Waals surface area contributed by atoms with E-state index in [4.69, 9.17) is 5.26 Å². The van der Waals surface area contributed by atoms with E-state index in [-0.39, 0.29) is 35.8 Å². The van der Waals surface area contributed by atoms with Crippen molar-refractivity contribution in [3.8, 4) is 6.07 Å². The van der Waals surface area contributed by atoms with Crippen molar-refractivity contribution in [2.45, 2.75) is 44.4 Å². The maximum absolute atomic E-state index is 12.6. The highest BCUT2D eigenvalue weighted by Crippen LogP contribution is 2.18. The number of nitrogens with zero attached hydrogens (tertiary/aromatic N) is 2. The van der Waals surface area contributed by atoms with Crippen LogP contribution in [0.4, 0.5) is 5.13 Å². The van der Waals surface area contributed by atoms with Gasteiger partial charge in [0.15, 0.2) is 5.13 Å². The number of carbonyl (C=O) groups excluding carboxylic acids is 1. The third kappa shape index (κ3) is 7.07. The second-order valence-electron chi connectivity index (χ2n) is 6.57. The molecule has 4 N–H and O–H groups in total. The van der Waals surface area contributed by atoms with E-state index in [9.17, 15) is 23.4 Å². The first-order chi connectivity index (χ1) is 14.3. The van der Waals surface area contributed by atoms with Crippen molar-refractivity contribution in [2.24, 2.45) is 0 Å². The number of sulfonamides is 1. The number of benzene rings is 1. The van der Waals surface area contributed by atoms with Crippen LogP contribution in [0.15, 0.2) is 35.7 Å². The van der Waals surface area contributed by atoms with Gasteiger partial charge in [0.25, 0.3) is 5.91 Å². The molecule has 0 radical (unpaired) electrons. The van der Waals surface area contributed by atoms with Crippen molar-refractivity contribution in [3.05, 3.63) is 47.0 Å². The molecular formula is C19H24N4O5S2. The first-order valence-corrected chi connectivity index (χ1v) is 11.8. The second-order valence-corrected chi connectivity index (χ2v) is 9.44. The zero-order valence-corrected chi connectivity index (χ0v) is 18.0. The smallest absolute Gasteiger partial charge is 0.271 e. The highest BCUT2D eigenvalue weighted by atomic mass is 32.2. The van der Waals surface area contributed by atoms with Crippen LogP contribution < -0.4 is 10.0 Å². The van der Waals surface area contributed by atoms with E-state index in [0.29, 0.717) is 0 Å². The lowest BCUT2D eigenvalue weighted by atomic mass is 9.95. The number of thiazole rings is 1. The number of hydrogen-bond donors (Lipinski definition) is 4. The molecule has 3 unspecified atom stereocenters. The van der Waals surface area contributed by atoms with Gasteiger partial charge >= 0.3 is 0 Å². The van der Waals surface area contributed by atoms with Gasteiger partial charge in [0.05, 0.1) is 24.0 Å². The zero-order valence-electron chi connectivity index (χ0n) is 16.4. The van der Waals surface area contributed by atoms with E-state index in [1.165, 1.54) is 12.3 Å². The summed E-state index contributed by atoms with van der Waals surface area (Å²) >= 11 is 0.967. The average Bonchev–Trinajstić information content (AvgIpc) is 3.19. The van der Waals surface area contributed by atoms with Gasteiger partial charge in [0.1, 0.15) is 11.8 Å². The predicted molar refractivity (Wildman–Crippen MR) is 113 cm³/mol. The number of rotatable bonds is 11. The number of amides is 1. The molecule has 0 saturated carbocycles. The Hall–Kier alpha value is -2.52. The van der Waals surface area contributed by atoms with Crippen LogP contribution in [-0.4, -0.2) is 53.5 Å². The molecule has 9 nitrogen and oxygen atoms in total. The number of hydrogen-bond acceptors (Lipinski definition) is 8. The van der Waals surface area contributed by atoms with E-state index >= 15 is 0 Å². The van der Waals surface area contributed by atoms with Crippen molar-refractivity contribution in [2.75, 3.05) is 10.5 Å². The molecule has 1 heterocycles. The molecular weight excluding hydrogens is 428 g/mol. The van der Waals surface area contributed by atoms with Gasteiger partial charge in [-0.05, 0) is 25.3 Å². The number of nitrogens with one attached hydrogen (secondary N) is 2.